The predicted molar refractivity (Wildman–Crippen MR) is 114 cm³/mol. The molecule has 1 aromatic heterocycles. The van der Waals surface area contributed by atoms with E-state index in [1.54, 1.807) is 0 Å². The molecule has 0 radical (unpaired) electrons. The minimum atomic E-state index is -1.28. The lowest BCUT2D eigenvalue weighted by Crippen LogP contribution is -2.24. The van der Waals surface area contributed by atoms with Crippen LogP contribution in [0.4, 0.5) is 0 Å². The van der Waals surface area contributed by atoms with Gasteiger partial charge in [0.2, 0.25) is 0 Å². The van der Waals surface area contributed by atoms with Gasteiger partial charge in [0.05, 0.1) is 0 Å². The molecule has 0 bridgehead atoms. The number of aromatic nitrogens is 1. The van der Waals surface area contributed by atoms with Crippen LogP contribution in [-0.4, -0.2) is 39.3 Å². The molecule has 1 atom stereocenters. The van der Waals surface area contributed by atoms with Gasteiger partial charge in [-0.15, -0.1) is 0 Å². The molecule has 1 aromatic carbocycles. The Morgan fingerprint density at radius 3 is 2.46 bits per heavy atom. The minimum absolute atomic E-state index is 0.0329. The average Bonchev–Trinajstić information content (AvgIpc) is 2.85. The number of carboxylic acids is 1. The summed E-state index contributed by atoms with van der Waals surface area (Å²) in [4.78, 5) is 21.7. The Morgan fingerprint density at radius 1 is 1.25 bits per heavy atom. The zero-order valence-corrected chi connectivity index (χ0v) is 18.4. The van der Waals surface area contributed by atoms with Crippen LogP contribution in [0.2, 0.25) is 0 Å². The number of nitrogens with zero attached hydrogens (tertiary/aromatic N) is 2. The largest absolute Gasteiger partial charge is 0.480 e. The molecule has 0 aliphatic heterocycles. The van der Waals surface area contributed by atoms with Crippen LogP contribution in [0.1, 0.15) is 48.3 Å². The summed E-state index contributed by atoms with van der Waals surface area (Å²) in [5, 5.41) is 10.3. The first kappa shape index (κ1) is 21.0. The number of fused-ring (bicyclic) bond motifs is 1. The van der Waals surface area contributed by atoms with Crippen molar-refractivity contribution in [3.63, 3.8) is 0 Å². The molecule has 1 aliphatic rings. The first-order valence-electron chi connectivity index (χ1n) is 9.76. The van der Waals surface area contributed by atoms with Gasteiger partial charge in [-0.2, -0.15) is 0 Å². The topological polar surface area (TPSA) is 65.7 Å². The SMILES string of the molecule is Cc1c(Cc2ccc(P(O)N(C)C)cc2)c2c(n1CC(=O)O)CCC(C)(C)C2. The lowest BCUT2D eigenvalue weighted by atomic mass is 9.75. The van der Waals surface area contributed by atoms with Gasteiger partial charge in [0.15, 0.2) is 0 Å². The van der Waals surface area contributed by atoms with Crippen LogP contribution < -0.4 is 5.30 Å². The molecule has 2 N–H and O–H groups in total. The van der Waals surface area contributed by atoms with E-state index in [1.165, 1.54) is 22.4 Å². The fraction of sp³-hybridized carbons (Fsp3) is 0.500. The number of aliphatic carboxylic acids is 1. The van der Waals surface area contributed by atoms with Crippen molar-refractivity contribution in [3.05, 3.63) is 52.3 Å². The molecular weight excluding hydrogens is 371 g/mol. The van der Waals surface area contributed by atoms with Gasteiger partial charge in [-0.05, 0) is 68.8 Å². The highest BCUT2D eigenvalue weighted by atomic mass is 31.2. The molecular formula is C22H31N2O3P. The molecule has 0 amide bonds. The maximum atomic E-state index is 11.4. The van der Waals surface area contributed by atoms with Gasteiger partial charge in [-0.1, -0.05) is 38.1 Å². The summed E-state index contributed by atoms with van der Waals surface area (Å²) < 4.78 is 3.84. The first-order chi connectivity index (χ1) is 13.1. The Morgan fingerprint density at radius 2 is 1.89 bits per heavy atom. The fourth-order valence-corrected chi connectivity index (χ4v) is 5.08. The van der Waals surface area contributed by atoms with Gasteiger partial charge in [-0.25, -0.2) is 0 Å². The second-order valence-electron chi connectivity index (χ2n) is 8.79. The first-order valence-corrected chi connectivity index (χ1v) is 11.0. The molecule has 152 valence electrons. The number of carboxylic acid groups (broad SMARTS) is 1. The van der Waals surface area contributed by atoms with Gasteiger partial charge >= 0.3 is 5.97 Å². The van der Waals surface area contributed by atoms with Crippen molar-refractivity contribution in [1.82, 2.24) is 9.24 Å². The van der Waals surface area contributed by atoms with E-state index < -0.39 is 14.3 Å². The van der Waals surface area contributed by atoms with Crippen LogP contribution in [0.15, 0.2) is 24.3 Å². The molecule has 0 spiro atoms. The highest BCUT2D eigenvalue weighted by Crippen LogP contribution is 2.39. The van der Waals surface area contributed by atoms with Crippen LogP contribution in [0.5, 0.6) is 0 Å². The number of benzene rings is 1. The molecule has 28 heavy (non-hydrogen) atoms. The predicted octanol–water partition coefficient (Wildman–Crippen LogP) is 3.48. The van der Waals surface area contributed by atoms with E-state index >= 15 is 0 Å². The van der Waals surface area contributed by atoms with E-state index in [0.717, 1.165) is 36.7 Å². The molecule has 1 aliphatic carbocycles. The summed E-state index contributed by atoms with van der Waals surface area (Å²) in [7, 11) is 2.48. The maximum absolute atomic E-state index is 11.4. The molecule has 0 saturated carbocycles. The van der Waals surface area contributed by atoms with E-state index in [4.69, 9.17) is 0 Å². The minimum Gasteiger partial charge on any atom is -0.480 e. The molecule has 2 aromatic rings. The Labute approximate surface area is 168 Å². The van der Waals surface area contributed by atoms with Gasteiger partial charge < -0.3 is 14.6 Å². The molecule has 6 heteroatoms. The summed E-state index contributed by atoms with van der Waals surface area (Å²) >= 11 is 0. The Bertz CT molecular complexity index is 869. The van der Waals surface area contributed by atoms with E-state index in [0.29, 0.717) is 0 Å². The molecule has 3 rings (SSSR count). The number of carbonyl (C=O) groups is 1. The lowest BCUT2D eigenvalue weighted by Gasteiger charge is -2.31. The standard InChI is InChI=1S/C22H31N2O3P/c1-15-18(12-16-6-8-17(9-7-16)28(27)23(4)5)19-13-22(2,3)11-10-20(19)24(15)14-21(25)26/h6-9,27H,10-14H2,1-5H3,(H,25,26). The highest BCUT2D eigenvalue weighted by molar-refractivity contribution is 7.57. The number of hydrogen-bond acceptors (Lipinski definition) is 3. The van der Waals surface area contributed by atoms with Gasteiger partial charge in [0.1, 0.15) is 14.8 Å². The highest BCUT2D eigenvalue weighted by Gasteiger charge is 2.31. The Kier molecular flexibility index (Phi) is 6.00. The second kappa shape index (κ2) is 7.98. The molecule has 1 heterocycles. The van der Waals surface area contributed by atoms with Crippen molar-refractivity contribution in [3.8, 4) is 0 Å². The van der Waals surface area contributed by atoms with Crippen LogP contribution in [0.3, 0.4) is 0 Å². The third-order valence-electron chi connectivity index (χ3n) is 5.79. The molecule has 1 unspecified atom stereocenters. The van der Waals surface area contributed by atoms with E-state index in [1.807, 2.05) is 35.5 Å². The molecule has 5 nitrogen and oxygen atoms in total. The van der Waals surface area contributed by atoms with Crippen molar-refractivity contribution in [2.24, 2.45) is 5.41 Å². The summed E-state index contributed by atoms with van der Waals surface area (Å²) in [6.45, 7) is 6.68. The normalized spacial score (nSPS) is 16.8. The smallest absolute Gasteiger partial charge is 0.323 e. The van der Waals surface area contributed by atoms with Crippen LogP contribution >= 0.6 is 8.30 Å². The summed E-state index contributed by atoms with van der Waals surface area (Å²) in [5.41, 5.74) is 6.33. The summed E-state index contributed by atoms with van der Waals surface area (Å²) in [5.74, 6) is -0.790. The van der Waals surface area contributed by atoms with Crippen molar-refractivity contribution < 1.29 is 14.8 Å². The maximum Gasteiger partial charge on any atom is 0.323 e. The van der Waals surface area contributed by atoms with Crippen molar-refractivity contribution in [1.29, 1.82) is 0 Å². The average molecular weight is 402 g/mol. The van der Waals surface area contributed by atoms with Crippen molar-refractivity contribution in [2.75, 3.05) is 14.1 Å². The van der Waals surface area contributed by atoms with Gasteiger partial charge in [0, 0.05) is 16.7 Å². The Balaban J connectivity index is 1.95. The molecule has 0 saturated heterocycles. The van der Waals surface area contributed by atoms with Crippen molar-refractivity contribution in [2.45, 2.75) is 53.0 Å². The van der Waals surface area contributed by atoms with E-state index in [9.17, 15) is 14.8 Å². The molecule has 0 fully saturated rings. The van der Waals surface area contributed by atoms with Crippen LogP contribution in [0, 0.1) is 12.3 Å². The second-order valence-corrected chi connectivity index (χ2v) is 10.7. The monoisotopic (exact) mass is 402 g/mol. The van der Waals surface area contributed by atoms with Crippen LogP contribution in [0.25, 0.3) is 0 Å². The number of hydrogen-bond donors (Lipinski definition) is 2. The summed E-state index contributed by atoms with van der Waals surface area (Å²) in [6, 6.07) is 8.17. The van der Waals surface area contributed by atoms with E-state index in [-0.39, 0.29) is 12.0 Å². The van der Waals surface area contributed by atoms with Crippen LogP contribution in [-0.2, 0) is 30.6 Å². The fourth-order valence-electron chi connectivity index (χ4n) is 4.21. The third-order valence-corrected chi connectivity index (χ3v) is 7.31. The van der Waals surface area contributed by atoms with E-state index in [2.05, 4.69) is 32.9 Å². The summed E-state index contributed by atoms with van der Waals surface area (Å²) in [6.07, 6.45) is 3.81. The quantitative estimate of drug-likeness (QED) is 0.726. The zero-order valence-electron chi connectivity index (χ0n) is 17.5. The third kappa shape index (κ3) is 4.32. The van der Waals surface area contributed by atoms with Gasteiger partial charge in [-0.3, -0.25) is 9.46 Å². The number of rotatable bonds is 6. The van der Waals surface area contributed by atoms with Crippen molar-refractivity contribution >= 4 is 19.6 Å². The zero-order chi connectivity index (χ0) is 20.6. The lowest BCUT2D eigenvalue weighted by molar-refractivity contribution is -0.137. The van der Waals surface area contributed by atoms with Gasteiger partial charge in [0.25, 0.3) is 0 Å². The Hall–Kier alpha value is -1.68.